The molecule has 0 saturated heterocycles. The van der Waals surface area contributed by atoms with Gasteiger partial charge in [-0.1, -0.05) is 18.2 Å². The number of anilines is 2. The minimum absolute atomic E-state index is 0.231. The van der Waals surface area contributed by atoms with Crippen LogP contribution >= 0.6 is 23.6 Å². The van der Waals surface area contributed by atoms with Gasteiger partial charge in [0.15, 0.2) is 5.11 Å². The molecule has 1 N–H and O–H groups in total. The maximum atomic E-state index is 12.1. The van der Waals surface area contributed by atoms with Gasteiger partial charge in [0.1, 0.15) is 0 Å². The van der Waals surface area contributed by atoms with Crippen LogP contribution in [-0.2, 0) is 4.74 Å². The van der Waals surface area contributed by atoms with Crippen LogP contribution in [0.15, 0.2) is 35.7 Å². The maximum absolute atomic E-state index is 12.1. The Hall–Kier alpha value is -1.99. The first-order valence-corrected chi connectivity index (χ1v) is 7.65. The lowest BCUT2D eigenvalue weighted by Gasteiger charge is -2.20. The van der Waals surface area contributed by atoms with Gasteiger partial charge in [-0.3, -0.25) is 0 Å². The molecule has 0 unspecified atom stereocenters. The Morgan fingerprint density at radius 2 is 2.14 bits per heavy atom. The predicted octanol–water partition coefficient (Wildman–Crippen LogP) is 3.81. The van der Waals surface area contributed by atoms with Gasteiger partial charge >= 0.3 is 6.09 Å². The van der Waals surface area contributed by atoms with Crippen molar-refractivity contribution in [3.8, 4) is 0 Å². The summed E-state index contributed by atoms with van der Waals surface area (Å²) in [6.07, 6.45) is -0.541. The van der Waals surface area contributed by atoms with Gasteiger partial charge in [0.2, 0.25) is 5.13 Å². The second-order valence-corrected chi connectivity index (χ2v) is 5.33. The van der Waals surface area contributed by atoms with Crippen molar-refractivity contribution in [3.63, 3.8) is 0 Å². The third kappa shape index (κ3) is 3.99. The first kappa shape index (κ1) is 15.4. The van der Waals surface area contributed by atoms with E-state index in [4.69, 9.17) is 17.0 Å². The van der Waals surface area contributed by atoms with E-state index < -0.39 is 6.09 Å². The van der Waals surface area contributed by atoms with Crippen molar-refractivity contribution < 1.29 is 9.53 Å². The summed E-state index contributed by atoms with van der Waals surface area (Å²) in [5.41, 5.74) is 1.62. The van der Waals surface area contributed by atoms with E-state index >= 15 is 0 Å². The molecule has 1 amide bonds. The SMILES string of the molecule is CCOC(=O)N(C(=S)Nc1ccccc1)c1nc(C)cs1. The summed E-state index contributed by atoms with van der Waals surface area (Å²) in [6, 6.07) is 9.40. The lowest BCUT2D eigenvalue weighted by molar-refractivity contribution is 0.163. The van der Waals surface area contributed by atoms with Crippen molar-refractivity contribution in [3.05, 3.63) is 41.4 Å². The molecule has 0 aliphatic carbocycles. The third-order valence-corrected chi connectivity index (χ3v) is 3.70. The van der Waals surface area contributed by atoms with Gasteiger partial charge < -0.3 is 10.1 Å². The molecule has 0 aliphatic heterocycles. The number of hydrogen-bond donors (Lipinski definition) is 1. The minimum Gasteiger partial charge on any atom is -0.449 e. The zero-order chi connectivity index (χ0) is 15.2. The highest BCUT2D eigenvalue weighted by Gasteiger charge is 2.24. The molecule has 0 saturated carbocycles. The molecule has 1 aromatic heterocycles. The molecular weight excluding hydrogens is 306 g/mol. The van der Waals surface area contributed by atoms with Crippen molar-refractivity contribution in [1.29, 1.82) is 0 Å². The number of carbonyl (C=O) groups is 1. The van der Waals surface area contributed by atoms with E-state index in [1.54, 1.807) is 6.92 Å². The molecule has 2 aromatic rings. The van der Waals surface area contributed by atoms with Crippen LogP contribution in [0.4, 0.5) is 15.6 Å². The number of aromatic nitrogens is 1. The van der Waals surface area contributed by atoms with Gasteiger partial charge in [-0.25, -0.2) is 9.78 Å². The number of carbonyl (C=O) groups excluding carboxylic acids is 1. The number of aryl methyl sites for hydroxylation is 1. The van der Waals surface area contributed by atoms with Crippen molar-refractivity contribution in [2.75, 3.05) is 16.8 Å². The molecule has 7 heteroatoms. The van der Waals surface area contributed by atoms with E-state index in [1.807, 2.05) is 42.6 Å². The van der Waals surface area contributed by atoms with Gasteiger partial charge in [-0.05, 0) is 38.2 Å². The van der Waals surface area contributed by atoms with Crippen LogP contribution in [0.5, 0.6) is 0 Å². The van der Waals surface area contributed by atoms with Gasteiger partial charge in [-0.2, -0.15) is 4.90 Å². The quantitative estimate of drug-likeness (QED) is 0.871. The number of hydrogen-bond acceptors (Lipinski definition) is 5. The van der Waals surface area contributed by atoms with Gasteiger partial charge in [0.25, 0.3) is 0 Å². The van der Waals surface area contributed by atoms with E-state index in [2.05, 4.69) is 10.3 Å². The average molecular weight is 321 g/mol. The fourth-order valence-corrected chi connectivity index (χ4v) is 2.71. The van der Waals surface area contributed by atoms with Gasteiger partial charge in [-0.15, -0.1) is 11.3 Å². The minimum atomic E-state index is -0.541. The summed E-state index contributed by atoms with van der Waals surface area (Å²) < 4.78 is 5.05. The molecule has 0 atom stereocenters. The summed E-state index contributed by atoms with van der Waals surface area (Å²) in [4.78, 5) is 17.7. The van der Waals surface area contributed by atoms with Crippen LogP contribution in [0.3, 0.4) is 0 Å². The molecule has 0 radical (unpaired) electrons. The molecule has 2 rings (SSSR count). The average Bonchev–Trinajstić information content (AvgIpc) is 2.86. The van der Waals surface area contributed by atoms with Crippen LogP contribution < -0.4 is 10.2 Å². The number of nitrogens with zero attached hydrogens (tertiary/aromatic N) is 2. The van der Waals surface area contributed by atoms with Crippen LogP contribution in [0.1, 0.15) is 12.6 Å². The molecule has 0 spiro atoms. The lowest BCUT2D eigenvalue weighted by atomic mass is 10.3. The van der Waals surface area contributed by atoms with E-state index in [-0.39, 0.29) is 11.7 Å². The number of rotatable bonds is 3. The summed E-state index contributed by atoms with van der Waals surface area (Å²) in [5.74, 6) is 0. The fraction of sp³-hybridized carbons (Fsp3) is 0.214. The van der Waals surface area contributed by atoms with Gasteiger partial charge in [0.05, 0.1) is 12.3 Å². The first-order chi connectivity index (χ1) is 10.1. The lowest BCUT2D eigenvalue weighted by Crippen LogP contribution is -2.40. The standard InChI is InChI=1S/C14H15N3O2S2/c1-3-19-14(18)17(13-15-10(2)9-21-13)12(20)16-11-7-5-4-6-8-11/h4-9H,3H2,1-2H3,(H,16,20). The smallest absolute Gasteiger partial charge is 0.422 e. The summed E-state index contributed by atoms with van der Waals surface area (Å²) in [5, 5.41) is 5.58. The van der Waals surface area contributed by atoms with Crippen molar-refractivity contribution in [2.45, 2.75) is 13.8 Å². The zero-order valence-corrected chi connectivity index (χ0v) is 13.3. The molecule has 5 nitrogen and oxygen atoms in total. The molecule has 21 heavy (non-hydrogen) atoms. The fourth-order valence-electron chi connectivity index (χ4n) is 1.58. The summed E-state index contributed by atoms with van der Waals surface area (Å²) in [7, 11) is 0. The topological polar surface area (TPSA) is 54.5 Å². The van der Waals surface area contributed by atoms with E-state index in [9.17, 15) is 4.79 Å². The zero-order valence-electron chi connectivity index (χ0n) is 11.7. The Morgan fingerprint density at radius 3 is 2.71 bits per heavy atom. The van der Waals surface area contributed by atoms with E-state index in [0.717, 1.165) is 11.4 Å². The molecule has 0 bridgehead atoms. The van der Waals surface area contributed by atoms with Crippen LogP contribution in [0, 0.1) is 6.92 Å². The first-order valence-electron chi connectivity index (χ1n) is 6.37. The highest BCUT2D eigenvalue weighted by molar-refractivity contribution is 7.81. The maximum Gasteiger partial charge on any atom is 0.422 e. The highest BCUT2D eigenvalue weighted by atomic mass is 32.1. The predicted molar refractivity (Wildman–Crippen MR) is 89.0 cm³/mol. The monoisotopic (exact) mass is 321 g/mol. The molecule has 1 heterocycles. The Kier molecular flexibility index (Phi) is 5.24. The molecule has 110 valence electrons. The number of thiazole rings is 1. The third-order valence-electron chi connectivity index (χ3n) is 2.48. The van der Waals surface area contributed by atoms with Crippen molar-refractivity contribution in [2.24, 2.45) is 0 Å². The summed E-state index contributed by atoms with van der Waals surface area (Å²) >= 11 is 6.66. The Bertz CT molecular complexity index is 628. The van der Waals surface area contributed by atoms with Crippen molar-refractivity contribution >= 4 is 45.6 Å². The number of nitrogens with one attached hydrogen (secondary N) is 1. The molecule has 0 fully saturated rings. The number of para-hydroxylation sites is 1. The van der Waals surface area contributed by atoms with Crippen LogP contribution in [0.2, 0.25) is 0 Å². The molecular formula is C14H15N3O2S2. The molecule has 1 aromatic carbocycles. The Labute approximate surface area is 132 Å². The normalized spacial score (nSPS) is 10.0. The second kappa shape index (κ2) is 7.14. The van der Waals surface area contributed by atoms with E-state index in [1.165, 1.54) is 16.2 Å². The number of ether oxygens (including phenoxy) is 1. The second-order valence-electron chi connectivity index (χ2n) is 4.10. The summed E-state index contributed by atoms with van der Waals surface area (Å²) in [6.45, 7) is 3.88. The highest BCUT2D eigenvalue weighted by Crippen LogP contribution is 2.22. The number of thiocarbonyl (C=S) groups is 1. The Balaban J connectivity index is 2.22. The van der Waals surface area contributed by atoms with Crippen LogP contribution in [0.25, 0.3) is 0 Å². The van der Waals surface area contributed by atoms with Crippen molar-refractivity contribution in [1.82, 2.24) is 4.98 Å². The largest absolute Gasteiger partial charge is 0.449 e. The van der Waals surface area contributed by atoms with Gasteiger partial charge in [0, 0.05) is 11.1 Å². The number of benzene rings is 1. The Morgan fingerprint density at radius 1 is 1.43 bits per heavy atom. The molecule has 0 aliphatic rings. The van der Waals surface area contributed by atoms with Crippen LogP contribution in [-0.4, -0.2) is 22.8 Å². The number of amides is 1. The van der Waals surface area contributed by atoms with E-state index in [0.29, 0.717) is 5.13 Å².